The summed E-state index contributed by atoms with van der Waals surface area (Å²) in [5.74, 6) is 0. The summed E-state index contributed by atoms with van der Waals surface area (Å²) in [6, 6.07) is 5.67. The maximum absolute atomic E-state index is 5.77. The van der Waals surface area contributed by atoms with Crippen molar-refractivity contribution in [2.75, 3.05) is 0 Å². The van der Waals surface area contributed by atoms with Crippen LogP contribution in [0.4, 0.5) is 0 Å². The van der Waals surface area contributed by atoms with Gasteiger partial charge in [-0.05, 0) is 0 Å². The van der Waals surface area contributed by atoms with Gasteiger partial charge in [0.05, 0.1) is 0 Å². The molecule has 0 aliphatic rings. The molecule has 1 aromatic rings. The van der Waals surface area contributed by atoms with Crippen LogP contribution in [0, 0.1) is 0 Å². The van der Waals surface area contributed by atoms with Crippen molar-refractivity contribution in [3.05, 3.63) is 28.2 Å². The van der Waals surface area contributed by atoms with E-state index < -0.39 is 0 Å². The molecule has 46 valence electrons. The predicted molar refractivity (Wildman–Crippen MR) is 41.9 cm³/mol. The van der Waals surface area contributed by atoms with Crippen molar-refractivity contribution in [2.24, 2.45) is 0 Å². The molecule has 9 heavy (non-hydrogen) atoms. The first-order valence-corrected chi connectivity index (χ1v) is 4.84. The summed E-state index contributed by atoms with van der Waals surface area (Å²) in [7, 11) is 0. The Bertz CT molecular complexity index is 202. The molecule has 0 unspecified atom stereocenters. The molecule has 0 N–H and O–H groups in total. The van der Waals surface area contributed by atoms with Gasteiger partial charge in [0, 0.05) is 0 Å². The van der Waals surface area contributed by atoms with Crippen molar-refractivity contribution in [3.8, 4) is 0 Å². The van der Waals surface area contributed by atoms with Crippen LogP contribution < -0.4 is 3.27 Å². The Morgan fingerprint density at radius 1 is 1.22 bits per heavy atom. The second kappa shape index (κ2) is 3.19. The summed E-state index contributed by atoms with van der Waals surface area (Å²) < 4.78 is 1.13. The van der Waals surface area contributed by atoms with E-state index in [4.69, 9.17) is 23.2 Å². The molecule has 0 spiro atoms. The van der Waals surface area contributed by atoms with Crippen LogP contribution in [0.3, 0.4) is 0 Å². The van der Waals surface area contributed by atoms with Crippen molar-refractivity contribution in [1.29, 1.82) is 0 Å². The van der Waals surface area contributed by atoms with Gasteiger partial charge in [-0.1, -0.05) is 0 Å². The Balaban J connectivity index is 3.25. The predicted octanol–water partition coefficient (Wildman–Crippen LogP) is 1.79. The molecular weight excluding hydrogens is 352 g/mol. The molecule has 0 saturated carbocycles. The quantitative estimate of drug-likeness (QED) is 0.623. The van der Waals surface area contributed by atoms with Gasteiger partial charge >= 0.3 is 79.4 Å². The minimum absolute atomic E-state index is 0.650. The van der Waals surface area contributed by atoms with E-state index >= 15 is 0 Å². The van der Waals surface area contributed by atoms with Crippen molar-refractivity contribution >= 4 is 51.2 Å². The van der Waals surface area contributed by atoms with E-state index in [9.17, 15) is 0 Å². The Kier molecular flexibility index (Phi) is 2.76. The molecule has 0 fully saturated rings. The summed E-state index contributed by atoms with van der Waals surface area (Å²) in [4.78, 5) is 0. The van der Waals surface area contributed by atoms with Crippen LogP contribution >= 0.6 is 23.2 Å². The third-order valence-corrected chi connectivity index (χ3v) is 3.74. The van der Waals surface area contributed by atoms with Crippen LogP contribution in [-0.2, 0) is 0 Å². The second-order valence-electron chi connectivity index (χ2n) is 1.57. The van der Waals surface area contributed by atoms with Crippen LogP contribution in [0.5, 0.6) is 0 Å². The van der Waals surface area contributed by atoms with Crippen LogP contribution in [0.1, 0.15) is 0 Å². The molecule has 0 aromatic heterocycles. The van der Waals surface area contributed by atoms with Crippen molar-refractivity contribution < 1.29 is 0 Å². The van der Waals surface area contributed by atoms with E-state index in [0.29, 0.717) is 10.0 Å². The zero-order chi connectivity index (χ0) is 6.85. The SMILES string of the molecule is Clc1ccc[c]([Bi])c1Cl. The fraction of sp³-hybridized carbons (Fsp3) is 0. The van der Waals surface area contributed by atoms with Crippen molar-refractivity contribution in [1.82, 2.24) is 0 Å². The van der Waals surface area contributed by atoms with E-state index in [-0.39, 0.29) is 0 Å². The van der Waals surface area contributed by atoms with Crippen LogP contribution in [0.2, 0.25) is 10.0 Å². The van der Waals surface area contributed by atoms with Gasteiger partial charge in [0.25, 0.3) is 0 Å². The number of hydrogen-bond acceptors (Lipinski definition) is 0. The van der Waals surface area contributed by atoms with Crippen molar-refractivity contribution in [2.45, 2.75) is 0 Å². The molecule has 3 heteroatoms. The van der Waals surface area contributed by atoms with Gasteiger partial charge in [-0.2, -0.15) is 0 Å². The maximum atomic E-state index is 5.77. The standard InChI is InChI=1S/C6H3Cl2.Bi/c7-5-3-1-2-4-6(5)8;/h1-3H;. The molecule has 0 saturated heterocycles. The molecule has 2 radical (unpaired) electrons. The van der Waals surface area contributed by atoms with E-state index in [2.05, 4.69) is 0 Å². The molecule has 1 aromatic carbocycles. The normalized spacial score (nSPS) is 9.67. The topological polar surface area (TPSA) is 0 Å². The van der Waals surface area contributed by atoms with Gasteiger partial charge in [0.2, 0.25) is 0 Å². The third-order valence-electron chi connectivity index (χ3n) is 0.931. The van der Waals surface area contributed by atoms with Gasteiger partial charge < -0.3 is 0 Å². The Hall–Kier alpha value is 0.683. The molecule has 0 amide bonds. The number of rotatable bonds is 0. The monoisotopic (exact) mass is 354 g/mol. The first-order chi connectivity index (χ1) is 4.22. The molecule has 1 rings (SSSR count). The summed E-state index contributed by atoms with van der Waals surface area (Å²) in [5, 5.41) is 1.35. The van der Waals surface area contributed by atoms with Gasteiger partial charge in [-0.25, -0.2) is 0 Å². The van der Waals surface area contributed by atoms with Gasteiger partial charge in [-0.3, -0.25) is 0 Å². The number of halogens is 2. The zero-order valence-electron chi connectivity index (χ0n) is 4.44. The zero-order valence-corrected chi connectivity index (χ0v) is 9.42. The van der Waals surface area contributed by atoms with Crippen LogP contribution in [-0.4, -0.2) is 24.7 Å². The number of benzene rings is 1. The Morgan fingerprint density at radius 3 is 2.33 bits per heavy atom. The summed E-state index contributed by atoms with van der Waals surface area (Å²) in [6.07, 6.45) is 0. The average Bonchev–Trinajstić information content (AvgIpc) is 1.83. The second-order valence-corrected chi connectivity index (χ2v) is 4.23. The van der Waals surface area contributed by atoms with Crippen molar-refractivity contribution in [3.63, 3.8) is 0 Å². The third kappa shape index (κ3) is 1.80. The summed E-state index contributed by atoms with van der Waals surface area (Å²) in [5.41, 5.74) is 0. The molecule has 0 nitrogen and oxygen atoms in total. The fourth-order valence-electron chi connectivity index (χ4n) is 0.492. The van der Waals surface area contributed by atoms with Crippen LogP contribution in [0.25, 0.3) is 0 Å². The molecule has 0 aliphatic carbocycles. The molecule has 0 heterocycles. The molecular formula is C6H3BiCl2. The average molecular weight is 355 g/mol. The van der Waals surface area contributed by atoms with E-state index in [1.807, 2.05) is 12.1 Å². The molecule has 0 bridgehead atoms. The van der Waals surface area contributed by atoms with E-state index in [1.165, 1.54) is 0 Å². The molecule has 0 atom stereocenters. The fourth-order valence-corrected chi connectivity index (χ4v) is 1.87. The first-order valence-electron chi connectivity index (χ1n) is 2.35. The first kappa shape index (κ1) is 7.79. The Morgan fingerprint density at radius 2 is 1.89 bits per heavy atom. The van der Waals surface area contributed by atoms with Crippen LogP contribution in [0.15, 0.2) is 18.2 Å². The van der Waals surface area contributed by atoms with E-state index in [1.54, 1.807) is 6.07 Å². The minimum atomic E-state index is 0.650. The summed E-state index contributed by atoms with van der Waals surface area (Å²) in [6.45, 7) is 0. The van der Waals surface area contributed by atoms with Gasteiger partial charge in [0.1, 0.15) is 0 Å². The Labute approximate surface area is 79.0 Å². The molecule has 0 aliphatic heterocycles. The number of hydrogen-bond donors (Lipinski definition) is 0. The van der Waals surface area contributed by atoms with E-state index in [0.717, 1.165) is 28.0 Å². The van der Waals surface area contributed by atoms with Gasteiger partial charge in [0.15, 0.2) is 0 Å². The van der Waals surface area contributed by atoms with Gasteiger partial charge in [-0.15, -0.1) is 0 Å². The summed E-state index contributed by atoms with van der Waals surface area (Å²) >= 11 is 12.6.